The number of nitrogens with two attached hydrogens (primary N) is 1. The lowest BCUT2D eigenvalue weighted by atomic mass is 10.2. The van der Waals surface area contributed by atoms with E-state index < -0.39 is 22.1 Å². The van der Waals surface area contributed by atoms with E-state index in [1.54, 1.807) is 6.92 Å². The second kappa shape index (κ2) is 7.39. The minimum absolute atomic E-state index is 0.0743. The van der Waals surface area contributed by atoms with Crippen LogP contribution < -0.4 is 10.5 Å². The number of methoxy groups -OCH3 is 1. The van der Waals surface area contributed by atoms with Crippen molar-refractivity contribution in [3.05, 3.63) is 23.8 Å². The molecule has 0 aliphatic rings. The predicted molar refractivity (Wildman–Crippen MR) is 78.3 cm³/mol. The van der Waals surface area contributed by atoms with Gasteiger partial charge in [0.15, 0.2) is 0 Å². The van der Waals surface area contributed by atoms with Crippen molar-refractivity contribution >= 4 is 21.7 Å². The molecule has 0 saturated carbocycles. The van der Waals surface area contributed by atoms with Crippen LogP contribution >= 0.6 is 0 Å². The van der Waals surface area contributed by atoms with Gasteiger partial charge in [-0.25, -0.2) is 17.9 Å². The Morgan fingerprint density at radius 3 is 2.71 bits per heavy atom. The summed E-state index contributed by atoms with van der Waals surface area (Å²) < 4.78 is 31.4. The zero-order valence-electron chi connectivity index (χ0n) is 12.0. The Hall–Kier alpha value is -1.64. The van der Waals surface area contributed by atoms with E-state index in [2.05, 4.69) is 9.46 Å². The molecule has 1 aromatic carbocycles. The minimum Gasteiger partial charge on any atom is -0.465 e. The third-order valence-electron chi connectivity index (χ3n) is 2.79. The highest BCUT2D eigenvalue weighted by Crippen LogP contribution is 2.20. The zero-order valence-corrected chi connectivity index (χ0v) is 12.8. The lowest BCUT2D eigenvalue weighted by molar-refractivity contribution is 0.0596. The van der Waals surface area contributed by atoms with Crippen LogP contribution in [0.5, 0.6) is 0 Å². The Kier molecular flexibility index (Phi) is 6.13. The Morgan fingerprint density at radius 1 is 1.48 bits per heavy atom. The number of carbonyl (C=O) groups excluding carboxylic acids is 1. The number of sulfonamides is 1. The van der Waals surface area contributed by atoms with Crippen LogP contribution in [0.25, 0.3) is 0 Å². The van der Waals surface area contributed by atoms with Crippen LogP contribution in [0.1, 0.15) is 30.1 Å². The summed E-state index contributed by atoms with van der Waals surface area (Å²) in [6.45, 7) is 1.78. The van der Waals surface area contributed by atoms with Crippen molar-refractivity contribution in [1.82, 2.24) is 4.72 Å². The van der Waals surface area contributed by atoms with E-state index >= 15 is 0 Å². The van der Waals surface area contributed by atoms with Crippen LogP contribution in [0.15, 0.2) is 23.1 Å². The summed E-state index contributed by atoms with van der Waals surface area (Å²) in [4.78, 5) is 11.4. The molecule has 0 bridgehead atoms. The molecule has 1 aromatic rings. The fourth-order valence-electron chi connectivity index (χ4n) is 1.72. The van der Waals surface area contributed by atoms with E-state index in [4.69, 9.17) is 10.8 Å². The molecule has 1 rings (SSSR count). The highest BCUT2D eigenvalue weighted by molar-refractivity contribution is 7.89. The summed E-state index contributed by atoms with van der Waals surface area (Å²) >= 11 is 0. The first-order valence-corrected chi connectivity index (χ1v) is 7.92. The number of anilines is 1. The molecule has 1 unspecified atom stereocenters. The van der Waals surface area contributed by atoms with E-state index in [1.807, 2.05) is 0 Å². The molecule has 0 heterocycles. The molecule has 0 aliphatic carbocycles. The average molecular weight is 316 g/mol. The molecule has 0 amide bonds. The fourth-order valence-corrected chi connectivity index (χ4v) is 3.02. The number of carbonyl (C=O) groups is 1. The van der Waals surface area contributed by atoms with Crippen molar-refractivity contribution < 1.29 is 23.1 Å². The van der Waals surface area contributed by atoms with Crippen molar-refractivity contribution in [2.24, 2.45) is 0 Å². The maximum Gasteiger partial charge on any atom is 0.339 e. The summed E-state index contributed by atoms with van der Waals surface area (Å²) in [5.41, 5.74) is 5.74. The van der Waals surface area contributed by atoms with Crippen LogP contribution in [-0.2, 0) is 14.8 Å². The van der Waals surface area contributed by atoms with E-state index in [1.165, 1.54) is 25.3 Å². The first kappa shape index (κ1) is 17.4. The van der Waals surface area contributed by atoms with Gasteiger partial charge >= 0.3 is 5.97 Å². The summed E-state index contributed by atoms with van der Waals surface area (Å²) in [5.74, 6) is -0.751. The van der Waals surface area contributed by atoms with E-state index in [9.17, 15) is 13.2 Å². The predicted octanol–water partition coefficient (Wildman–Crippen LogP) is 0.495. The minimum atomic E-state index is -3.88. The molecule has 0 spiro atoms. The second-order valence-electron chi connectivity index (χ2n) is 4.64. The van der Waals surface area contributed by atoms with Crippen molar-refractivity contribution in [3.8, 4) is 0 Å². The van der Waals surface area contributed by atoms with Crippen molar-refractivity contribution in [2.75, 3.05) is 19.4 Å². The van der Waals surface area contributed by atoms with Gasteiger partial charge in [-0.15, -0.1) is 0 Å². The zero-order chi connectivity index (χ0) is 16.0. The summed E-state index contributed by atoms with van der Waals surface area (Å²) in [6, 6.07) is 3.95. The van der Waals surface area contributed by atoms with Crippen molar-refractivity contribution in [3.63, 3.8) is 0 Å². The van der Waals surface area contributed by atoms with Gasteiger partial charge in [-0.2, -0.15) is 0 Å². The van der Waals surface area contributed by atoms with Crippen molar-refractivity contribution in [1.29, 1.82) is 0 Å². The monoisotopic (exact) mass is 316 g/mol. The quantitative estimate of drug-likeness (QED) is 0.383. The van der Waals surface area contributed by atoms with Gasteiger partial charge in [0.1, 0.15) is 0 Å². The molecule has 4 N–H and O–H groups in total. The number of benzene rings is 1. The summed E-state index contributed by atoms with van der Waals surface area (Å²) in [7, 11) is -2.71. The second-order valence-corrected chi connectivity index (χ2v) is 6.37. The van der Waals surface area contributed by atoms with Crippen LogP contribution in [-0.4, -0.2) is 39.3 Å². The van der Waals surface area contributed by atoms with Gasteiger partial charge in [0.05, 0.1) is 23.7 Å². The molecule has 0 aliphatic heterocycles. The molecular formula is C13H20N2O5S. The fraction of sp³-hybridized carbons (Fsp3) is 0.462. The van der Waals surface area contributed by atoms with E-state index in [-0.39, 0.29) is 22.7 Å². The summed E-state index contributed by atoms with van der Waals surface area (Å²) in [5, 5.41) is 9.13. The average Bonchev–Trinajstić information content (AvgIpc) is 2.42. The lowest BCUT2D eigenvalue weighted by Gasteiger charge is -2.11. The highest BCUT2D eigenvalue weighted by atomic mass is 32.2. The molecule has 8 heteroatoms. The molecule has 0 aromatic heterocycles. The lowest BCUT2D eigenvalue weighted by Crippen LogP contribution is -2.27. The Morgan fingerprint density at radius 2 is 2.14 bits per heavy atom. The van der Waals surface area contributed by atoms with Gasteiger partial charge < -0.3 is 15.6 Å². The van der Waals surface area contributed by atoms with Gasteiger partial charge in [-0.05, 0) is 38.0 Å². The number of rotatable bonds is 7. The molecule has 1 atom stereocenters. The van der Waals surface area contributed by atoms with E-state index in [0.717, 1.165) is 0 Å². The maximum absolute atomic E-state index is 12.2. The SMILES string of the molecule is COC(=O)c1ccc(N)cc1S(=O)(=O)NCCCC(C)O. The summed E-state index contributed by atoms with van der Waals surface area (Å²) in [6.07, 6.45) is 0.461. The largest absolute Gasteiger partial charge is 0.465 e. The molecule has 21 heavy (non-hydrogen) atoms. The number of aliphatic hydroxyl groups is 1. The topological polar surface area (TPSA) is 119 Å². The number of hydrogen-bond acceptors (Lipinski definition) is 6. The first-order chi connectivity index (χ1) is 9.77. The number of aliphatic hydroxyl groups excluding tert-OH is 1. The van der Waals surface area contributed by atoms with Crippen LogP contribution in [0.2, 0.25) is 0 Å². The molecule has 0 radical (unpaired) electrons. The highest BCUT2D eigenvalue weighted by Gasteiger charge is 2.23. The molecule has 0 fully saturated rings. The third-order valence-corrected chi connectivity index (χ3v) is 4.29. The number of nitrogen functional groups attached to an aromatic ring is 1. The molecule has 0 saturated heterocycles. The Bertz CT molecular complexity index is 599. The van der Waals surface area contributed by atoms with Gasteiger partial charge in [0.2, 0.25) is 10.0 Å². The number of hydrogen-bond donors (Lipinski definition) is 3. The standard InChI is InChI=1S/C13H20N2O5S/c1-9(16)4-3-7-15-21(18,19)12-8-10(14)5-6-11(12)13(17)20-2/h5-6,8-9,15-16H,3-4,7,14H2,1-2H3. The van der Waals surface area contributed by atoms with Gasteiger partial charge in [-0.1, -0.05) is 0 Å². The normalized spacial score (nSPS) is 12.9. The van der Waals surface area contributed by atoms with Gasteiger partial charge in [-0.3, -0.25) is 0 Å². The van der Waals surface area contributed by atoms with Crippen LogP contribution in [0.4, 0.5) is 5.69 Å². The first-order valence-electron chi connectivity index (χ1n) is 6.43. The number of esters is 1. The van der Waals surface area contributed by atoms with E-state index in [0.29, 0.717) is 12.8 Å². The molecule has 118 valence electrons. The van der Waals surface area contributed by atoms with Crippen LogP contribution in [0, 0.1) is 0 Å². The van der Waals surface area contributed by atoms with Crippen LogP contribution in [0.3, 0.4) is 0 Å². The maximum atomic E-state index is 12.2. The van der Waals surface area contributed by atoms with Crippen molar-refractivity contribution in [2.45, 2.75) is 30.8 Å². The number of ether oxygens (including phenoxy) is 1. The molecule has 7 nitrogen and oxygen atoms in total. The Balaban J connectivity index is 2.96. The third kappa shape index (κ3) is 5.00. The van der Waals surface area contributed by atoms with Gasteiger partial charge in [0.25, 0.3) is 0 Å². The molecular weight excluding hydrogens is 296 g/mol. The smallest absolute Gasteiger partial charge is 0.339 e. The van der Waals surface area contributed by atoms with Gasteiger partial charge in [0, 0.05) is 12.2 Å². The Labute approximate surface area is 124 Å². The number of nitrogens with one attached hydrogen (secondary N) is 1.